The van der Waals surface area contributed by atoms with E-state index in [2.05, 4.69) is 33.0 Å². The summed E-state index contributed by atoms with van der Waals surface area (Å²) in [6.07, 6.45) is 1.07. The summed E-state index contributed by atoms with van der Waals surface area (Å²) in [6.45, 7) is 10.9. The van der Waals surface area contributed by atoms with Crippen LogP contribution in [-0.4, -0.2) is 22.3 Å². The highest BCUT2D eigenvalue weighted by Crippen LogP contribution is 2.24. The molecule has 0 fully saturated rings. The van der Waals surface area contributed by atoms with E-state index in [9.17, 15) is 0 Å². The van der Waals surface area contributed by atoms with Crippen molar-refractivity contribution in [1.29, 1.82) is 0 Å². The molecular formula is C15H25N3S. The Balaban J connectivity index is 2.18. The third kappa shape index (κ3) is 3.93. The Kier molecular flexibility index (Phi) is 5.22. The zero-order valence-corrected chi connectivity index (χ0v) is 13.3. The van der Waals surface area contributed by atoms with Crippen molar-refractivity contribution in [2.75, 3.05) is 12.3 Å². The normalized spacial score (nSPS) is 15.1. The smallest absolute Gasteiger partial charge is 0.138 e. The minimum Gasteiger partial charge on any atom is -0.311 e. The van der Waals surface area contributed by atoms with Gasteiger partial charge in [0.2, 0.25) is 0 Å². The minimum atomic E-state index is 0.490. The first kappa shape index (κ1) is 14.8. The summed E-state index contributed by atoms with van der Waals surface area (Å²) in [5.74, 6) is 4.34. The van der Waals surface area contributed by atoms with Crippen LogP contribution in [0.4, 0.5) is 0 Å². The van der Waals surface area contributed by atoms with Gasteiger partial charge in [0.15, 0.2) is 0 Å². The minimum absolute atomic E-state index is 0.490. The largest absolute Gasteiger partial charge is 0.311 e. The molecule has 0 bridgehead atoms. The molecule has 0 saturated heterocycles. The highest BCUT2D eigenvalue weighted by Gasteiger charge is 2.19. The zero-order valence-electron chi connectivity index (χ0n) is 12.5. The lowest BCUT2D eigenvalue weighted by Crippen LogP contribution is -2.27. The predicted octanol–water partition coefficient (Wildman–Crippen LogP) is 3.13. The maximum atomic E-state index is 4.82. The van der Waals surface area contributed by atoms with Gasteiger partial charge in [-0.15, -0.1) is 0 Å². The maximum Gasteiger partial charge on any atom is 0.138 e. The molecule has 1 N–H and O–H groups in total. The van der Waals surface area contributed by atoms with Crippen LogP contribution >= 0.6 is 11.8 Å². The first-order valence-corrected chi connectivity index (χ1v) is 8.40. The molecular weight excluding hydrogens is 254 g/mol. The number of rotatable bonds is 5. The monoisotopic (exact) mass is 279 g/mol. The van der Waals surface area contributed by atoms with Gasteiger partial charge >= 0.3 is 0 Å². The molecule has 0 spiro atoms. The highest BCUT2D eigenvalue weighted by atomic mass is 32.2. The summed E-state index contributed by atoms with van der Waals surface area (Å²) < 4.78 is 0. The van der Waals surface area contributed by atoms with Gasteiger partial charge in [0.25, 0.3) is 0 Å². The highest BCUT2D eigenvalue weighted by molar-refractivity contribution is 7.98. The fourth-order valence-electron chi connectivity index (χ4n) is 2.37. The van der Waals surface area contributed by atoms with Crippen LogP contribution in [-0.2, 0) is 18.7 Å². The van der Waals surface area contributed by atoms with Crippen LogP contribution in [0.3, 0.4) is 0 Å². The maximum absolute atomic E-state index is 4.82. The van der Waals surface area contributed by atoms with Crippen molar-refractivity contribution in [3.05, 3.63) is 22.8 Å². The van der Waals surface area contributed by atoms with E-state index < -0.39 is 0 Å². The van der Waals surface area contributed by atoms with Gasteiger partial charge in [0, 0.05) is 6.54 Å². The van der Waals surface area contributed by atoms with E-state index in [-0.39, 0.29) is 0 Å². The second kappa shape index (κ2) is 6.71. The fraction of sp³-hybridized carbons (Fsp3) is 0.733. The molecule has 1 aliphatic heterocycles. The molecule has 4 heteroatoms. The number of hydrogen-bond acceptors (Lipinski definition) is 4. The van der Waals surface area contributed by atoms with Crippen molar-refractivity contribution < 1.29 is 0 Å². The first-order valence-electron chi connectivity index (χ1n) is 7.25. The standard InChI is InChI=1S/C15H25N3S/c1-10(2)8-19-9-14-17-13-7-16-6-5-12(13)15(18-14)11(3)4/h10-11,16H,5-9H2,1-4H3. The van der Waals surface area contributed by atoms with E-state index >= 15 is 0 Å². The molecule has 2 rings (SSSR count). The number of aromatic nitrogens is 2. The molecule has 106 valence electrons. The third-order valence-corrected chi connectivity index (χ3v) is 4.61. The third-order valence-electron chi connectivity index (χ3n) is 3.24. The van der Waals surface area contributed by atoms with E-state index in [1.807, 2.05) is 11.8 Å². The van der Waals surface area contributed by atoms with Crippen LogP contribution < -0.4 is 5.32 Å². The Morgan fingerprint density at radius 3 is 2.68 bits per heavy atom. The Labute approximate surface area is 121 Å². The Bertz CT molecular complexity index is 430. The van der Waals surface area contributed by atoms with Gasteiger partial charge < -0.3 is 5.32 Å². The predicted molar refractivity (Wildman–Crippen MR) is 82.5 cm³/mol. The molecule has 2 heterocycles. The molecule has 1 aromatic heterocycles. The number of fused-ring (bicyclic) bond motifs is 1. The molecule has 0 amide bonds. The van der Waals surface area contributed by atoms with Crippen molar-refractivity contribution >= 4 is 11.8 Å². The zero-order chi connectivity index (χ0) is 13.8. The second-order valence-corrected chi connectivity index (χ2v) is 6.97. The Hall–Kier alpha value is -0.610. The summed E-state index contributed by atoms with van der Waals surface area (Å²) in [5, 5.41) is 3.41. The topological polar surface area (TPSA) is 37.8 Å². The number of hydrogen-bond donors (Lipinski definition) is 1. The molecule has 0 unspecified atom stereocenters. The molecule has 19 heavy (non-hydrogen) atoms. The van der Waals surface area contributed by atoms with Crippen LogP contribution in [0.1, 0.15) is 56.4 Å². The molecule has 1 aromatic rings. The average molecular weight is 279 g/mol. The molecule has 0 radical (unpaired) electrons. The molecule has 0 aliphatic carbocycles. The van der Waals surface area contributed by atoms with Crippen molar-refractivity contribution in [3.8, 4) is 0 Å². The van der Waals surface area contributed by atoms with Gasteiger partial charge in [-0.25, -0.2) is 9.97 Å². The van der Waals surface area contributed by atoms with E-state index in [1.54, 1.807) is 0 Å². The second-order valence-electron chi connectivity index (χ2n) is 5.94. The molecule has 1 aliphatic rings. The van der Waals surface area contributed by atoms with Crippen molar-refractivity contribution in [1.82, 2.24) is 15.3 Å². The molecule has 0 saturated carbocycles. The molecule has 0 atom stereocenters. The first-order chi connectivity index (χ1) is 9.08. The van der Waals surface area contributed by atoms with Crippen LogP contribution in [0.2, 0.25) is 0 Å². The Morgan fingerprint density at radius 2 is 2.00 bits per heavy atom. The van der Waals surface area contributed by atoms with Crippen molar-refractivity contribution in [2.24, 2.45) is 5.92 Å². The van der Waals surface area contributed by atoms with Crippen molar-refractivity contribution in [2.45, 2.75) is 52.3 Å². The van der Waals surface area contributed by atoms with Gasteiger partial charge in [-0.05, 0) is 36.1 Å². The summed E-state index contributed by atoms with van der Waals surface area (Å²) in [7, 11) is 0. The summed E-state index contributed by atoms with van der Waals surface area (Å²) in [5.41, 5.74) is 3.89. The average Bonchev–Trinajstić information content (AvgIpc) is 2.37. The van der Waals surface area contributed by atoms with Gasteiger partial charge in [-0.2, -0.15) is 11.8 Å². The van der Waals surface area contributed by atoms with Gasteiger partial charge in [-0.1, -0.05) is 27.7 Å². The quantitative estimate of drug-likeness (QED) is 0.898. The van der Waals surface area contributed by atoms with Crippen LogP contribution in [0.25, 0.3) is 0 Å². The van der Waals surface area contributed by atoms with Crippen molar-refractivity contribution in [3.63, 3.8) is 0 Å². The van der Waals surface area contributed by atoms with Gasteiger partial charge in [0.1, 0.15) is 5.82 Å². The molecule has 0 aromatic carbocycles. The number of nitrogens with one attached hydrogen (secondary N) is 1. The lowest BCUT2D eigenvalue weighted by molar-refractivity contribution is 0.603. The van der Waals surface area contributed by atoms with E-state index in [1.165, 1.54) is 22.7 Å². The number of nitrogens with zero attached hydrogens (tertiary/aromatic N) is 2. The fourth-order valence-corrected chi connectivity index (χ4v) is 3.27. The van der Waals surface area contributed by atoms with Gasteiger partial charge in [0.05, 0.1) is 17.1 Å². The Morgan fingerprint density at radius 1 is 1.21 bits per heavy atom. The lowest BCUT2D eigenvalue weighted by atomic mass is 9.97. The summed E-state index contributed by atoms with van der Waals surface area (Å²) in [6, 6.07) is 0. The summed E-state index contributed by atoms with van der Waals surface area (Å²) >= 11 is 1.94. The van der Waals surface area contributed by atoms with Crippen LogP contribution in [0, 0.1) is 5.92 Å². The van der Waals surface area contributed by atoms with E-state index in [0.717, 1.165) is 37.0 Å². The summed E-state index contributed by atoms with van der Waals surface area (Å²) in [4.78, 5) is 9.58. The molecule has 3 nitrogen and oxygen atoms in total. The SMILES string of the molecule is CC(C)CSCc1nc2c(c(C(C)C)n1)CCNC2. The van der Waals surface area contributed by atoms with Crippen LogP contribution in [0.15, 0.2) is 0 Å². The van der Waals surface area contributed by atoms with Crippen LogP contribution in [0.5, 0.6) is 0 Å². The van der Waals surface area contributed by atoms with Gasteiger partial charge in [-0.3, -0.25) is 0 Å². The van der Waals surface area contributed by atoms with E-state index in [0.29, 0.717) is 5.92 Å². The number of thioether (sulfide) groups is 1. The van der Waals surface area contributed by atoms with E-state index in [4.69, 9.17) is 9.97 Å². The lowest BCUT2D eigenvalue weighted by Gasteiger charge is -2.21.